The van der Waals surface area contributed by atoms with Crippen molar-refractivity contribution in [3.05, 3.63) is 85.1 Å². The zero-order chi connectivity index (χ0) is 53.6. The minimum absolute atomic E-state index is 0.0763. The molecule has 6 nitrogen and oxygen atoms in total. The molecule has 426 valence electrons. The smallest absolute Gasteiger partial charge is 0.306 e. The van der Waals surface area contributed by atoms with Crippen LogP contribution in [0.3, 0.4) is 0 Å². The quantitative estimate of drug-likeness (QED) is 0.0261. The summed E-state index contributed by atoms with van der Waals surface area (Å²) in [6, 6.07) is 0. The first-order valence-corrected chi connectivity index (χ1v) is 31.6. The second-order valence-corrected chi connectivity index (χ2v) is 20.9. The van der Waals surface area contributed by atoms with Gasteiger partial charge in [-0.05, 0) is 96.3 Å². The fourth-order valence-electron chi connectivity index (χ4n) is 8.91. The predicted molar refractivity (Wildman–Crippen MR) is 321 cm³/mol. The van der Waals surface area contributed by atoms with Crippen LogP contribution in [0.5, 0.6) is 0 Å². The lowest BCUT2D eigenvalue weighted by molar-refractivity contribution is -0.167. The molecule has 0 N–H and O–H groups in total. The first kappa shape index (κ1) is 70.6. The lowest BCUT2D eigenvalue weighted by atomic mass is 10.1. The minimum Gasteiger partial charge on any atom is -0.462 e. The summed E-state index contributed by atoms with van der Waals surface area (Å²) in [5, 5.41) is 0. The number of allylic oxidation sites excluding steroid dienone is 14. The van der Waals surface area contributed by atoms with Crippen LogP contribution in [0, 0.1) is 0 Å². The molecule has 0 heterocycles. The highest BCUT2D eigenvalue weighted by molar-refractivity contribution is 5.71. The second-order valence-electron chi connectivity index (χ2n) is 20.9. The van der Waals surface area contributed by atoms with E-state index < -0.39 is 6.10 Å². The van der Waals surface area contributed by atoms with Crippen molar-refractivity contribution in [3.8, 4) is 0 Å². The predicted octanol–water partition coefficient (Wildman–Crippen LogP) is 21.5. The average Bonchev–Trinajstić information content (AvgIpc) is 3.40. The molecule has 6 heteroatoms. The van der Waals surface area contributed by atoms with E-state index in [0.717, 1.165) is 96.3 Å². The summed E-state index contributed by atoms with van der Waals surface area (Å²) in [6.45, 7) is 6.52. The van der Waals surface area contributed by atoms with Gasteiger partial charge >= 0.3 is 17.9 Å². The number of carbonyl (C=O) groups excluding carboxylic acids is 3. The molecule has 0 aliphatic rings. The molecular formula is C68H118O6. The van der Waals surface area contributed by atoms with Crippen molar-refractivity contribution >= 4 is 17.9 Å². The van der Waals surface area contributed by atoms with Gasteiger partial charge in [-0.1, -0.05) is 279 Å². The highest BCUT2D eigenvalue weighted by Crippen LogP contribution is 2.16. The summed E-state index contributed by atoms with van der Waals surface area (Å²) in [7, 11) is 0. The van der Waals surface area contributed by atoms with Crippen LogP contribution in [0.4, 0.5) is 0 Å². The molecule has 0 saturated carbocycles. The van der Waals surface area contributed by atoms with E-state index in [2.05, 4.69) is 106 Å². The number of ether oxygens (including phenoxy) is 3. The average molecular weight is 1030 g/mol. The molecule has 0 aliphatic carbocycles. The lowest BCUT2D eigenvalue weighted by Crippen LogP contribution is -2.30. The van der Waals surface area contributed by atoms with Gasteiger partial charge in [0, 0.05) is 19.3 Å². The Kier molecular flexibility index (Phi) is 59.3. The monoisotopic (exact) mass is 1030 g/mol. The summed E-state index contributed by atoms with van der Waals surface area (Å²) in [4.78, 5) is 38.1. The first-order valence-electron chi connectivity index (χ1n) is 31.6. The Labute approximate surface area is 458 Å². The maximum atomic E-state index is 12.9. The van der Waals surface area contributed by atoms with Gasteiger partial charge < -0.3 is 14.2 Å². The number of unbranched alkanes of at least 4 members (excludes halogenated alkanes) is 32. The number of rotatable bonds is 57. The molecule has 1 unspecified atom stereocenters. The van der Waals surface area contributed by atoms with Gasteiger partial charge in [0.15, 0.2) is 6.10 Å². The zero-order valence-corrected chi connectivity index (χ0v) is 48.8. The molecule has 0 radical (unpaired) electrons. The number of hydrogen-bond acceptors (Lipinski definition) is 6. The van der Waals surface area contributed by atoms with Gasteiger partial charge in [0.05, 0.1) is 0 Å². The van der Waals surface area contributed by atoms with E-state index in [4.69, 9.17) is 14.2 Å². The van der Waals surface area contributed by atoms with Gasteiger partial charge in [0.25, 0.3) is 0 Å². The maximum absolute atomic E-state index is 12.9. The summed E-state index contributed by atoms with van der Waals surface area (Å²) in [6.07, 6.45) is 81.7. The van der Waals surface area contributed by atoms with Gasteiger partial charge in [-0.3, -0.25) is 14.4 Å². The zero-order valence-electron chi connectivity index (χ0n) is 48.8. The summed E-state index contributed by atoms with van der Waals surface area (Å²) >= 11 is 0. The van der Waals surface area contributed by atoms with Crippen molar-refractivity contribution < 1.29 is 28.6 Å². The van der Waals surface area contributed by atoms with Crippen LogP contribution < -0.4 is 0 Å². The van der Waals surface area contributed by atoms with Crippen LogP contribution >= 0.6 is 0 Å². The molecule has 1 atom stereocenters. The Morgan fingerprint density at radius 2 is 0.527 bits per heavy atom. The largest absolute Gasteiger partial charge is 0.462 e. The molecule has 74 heavy (non-hydrogen) atoms. The first-order chi connectivity index (χ1) is 36.5. The van der Waals surface area contributed by atoms with Gasteiger partial charge in [0.1, 0.15) is 13.2 Å². The Morgan fingerprint density at radius 3 is 0.838 bits per heavy atom. The highest BCUT2D eigenvalue weighted by atomic mass is 16.6. The van der Waals surface area contributed by atoms with Crippen molar-refractivity contribution in [2.75, 3.05) is 13.2 Å². The Morgan fingerprint density at radius 1 is 0.284 bits per heavy atom. The van der Waals surface area contributed by atoms with Gasteiger partial charge in [0.2, 0.25) is 0 Å². The van der Waals surface area contributed by atoms with Crippen LogP contribution in [0.2, 0.25) is 0 Å². The topological polar surface area (TPSA) is 78.9 Å². The molecule has 0 aromatic heterocycles. The van der Waals surface area contributed by atoms with Crippen LogP contribution in [-0.4, -0.2) is 37.2 Å². The maximum Gasteiger partial charge on any atom is 0.306 e. The fraction of sp³-hybridized carbons (Fsp3) is 0.750. The Hall–Kier alpha value is -3.41. The van der Waals surface area contributed by atoms with Crippen LogP contribution in [-0.2, 0) is 28.6 Å². The van der Waals surface area contributed by atoms with Crippen molar-refractivity contribution in [2.45, 2.75) is 316 Å². The molecule has 0 bridgehead atoms. The third kappa shape index (κ3) is 59.5. The minimum atomic E-state index is -0.778. The third-order valence-corrected chi connectivity index (χ3v) is 13.6. The van der Waals surface area contributed by atoms with E-state index in [-0.39, 0.29) is 31.1 Å². The van der Waals surface area contributed by atoms with Gasteiger partial charge in [-0.2, -0.15) is 0 Å². The molecule has 0 spiro atoms. The van der Waals surface area contributed by atoms with Gasteiger partial charge in [-0.25, -0.2) is 0 Å². The van der Waals surface area contributed by atoms with Crippen molar-refractivity contribution in [1.29, 1.82) is 0 Å². The Balaban J connectivity index is 4.20. The molecule has 0 aromatic carbocycles. The van der Waals surface area contributed by atoms with Crippen LogP contribution in [0.15, 0.2) is 85.1 Å². The molecule has 0 aliphatic heterocycles. The fourth-order valence-corrected chi connectivity index (χ4v) is 8.91. The lowest BCUT2D eigenvalue weighted by Gasteiger charge is -2.18. The molecule has 0 rings (SSSR count). The van der Waals surface area contributed by atoms with Crippen LogP contribution in [0.25, 0.3) is 0 Å². The van der Waals surface area contributed by atoms with E-state index in [1.54, 1.807) is 0 Å². The third-order valence-electron chi connectivity index (χ3n) is 13.6. The normalized spacial score (nSPS) is 12.6. The van der Waals surface area contributed by atoms with Crippen molar-refractivity contribution in [2.24, 2.45) is 0 Å². The molecular weight excluding hydrogens is 913 g/mol. The van der Waals surface area contributed by atoms with E-state index in [9.17, 15) is 14.4 Å². The van der Waals surface area contributed by atoms with Gasteiger partial charge in [-0.15, -0.1) is 0 Å². The van der Waals surface area contributed by atoms with Crippen molar-refractivity contribution in [1.82, 2.24) is 0 Å². The number of hydrogen-bond donors (Lipinski definition) is 0. The summed E-state index contributed by atoms with van der Waals surface area (Å²) in [5.74, 6) is -0.877. The van der Waals surface area contributed by atoms with E-state index >= 15 is 0 Å². The highest BCUT2D eigenvalue weighted by Gasteiger charge is 2.19. The van der Waals surface area contributed by atoms with Crippen LogP contribution in [0.1, 0.15) is 310 Å². The standard InChI is InChI=1S/C68H118O6/c1-4-7-10-13-16-19-21-23-25-27-29-30-31-32-33-34-35-36-37-38-39-41-42-44-46-49-52-55-58-61-67(70)73-64-65(63-72-66(69)60-57-54-51-48-18-15-12-9-6-3)74-68(71)62-59-56-53-50-47-45-43-40-28-26-24-22-20-17-14-11-8-5-2/h7,10,16,19,23,25-26,28-30,32-33,35-36,65H,4-6,8-9,11-15,17-18,20-22,24,27,31,34,37-64H2,1-3H3/b10-7-,19-16-,25-23-,28-26-,30-29-,33-32-,36-35-. The second kappa shape index (κ2) is 62.1. The number of carbonyl (C=O) groups is 3. The van der Waals surface area contributed by atoms with Crippen molar-refractivity contribution in [3.63, 3.8) is 0 Å². The van der Waals surface area contributed by atoms with E-state index in [1.165, 1.54) is 173 Å². The van der Waals surface area contributed by atoms with E-state index in [1.807, 2.05) is 0 Å². The number of esters is 3. The van der Waals surface area contributed by atoms with E-state index in [0.29, 0.717) is 19.3 Å². The molecule has 0 aromatic rings. The SMILES string of the molecule is CC/C=C\C/C=C\C/C=C\C/C=C\C/C=C\C/C=C\CCCCCCCCCCCCC(=O)OCC(COC(=O)CCCCCCCCCCC)OC(=O)CCCCCCCCC/C=C\CCCCCCCCC. The Bertz CT molecular complexity index is 1420. The molecule has 0 amide bonds. The molecule has 0 saturated heterocycles. The summed E-state index contributed by atoms with van der Waals surface area (Å²) < 4.78 is 16.9. The molecule has 0 fully saturated rings. The summed E-state index contributed by atoms with van der Waals surface area (Å²) in [5.41, 5.74) is 0.